The van der Waals surface area contributed by atoms with Crippen LogP contribution in [0.15, 0.2) is 24.3 Å². The van der Waals surface area contributed by atoms with Gasteiger partial charge in [0.05, 0.1) is 0 Å². The first kappa shape index (κ1) is 12.3. The molecule has 0 saturated carbocycles. The zero-order valence-electron chi connectivity index (χ0n) is 9.20. The van der Waals surface area contributed by atoms with Crippen LogP contribution in [0.2, 0.25) is 0 Å². The van der Waals surface area contributed by atoms with Crippen LogP contribution in [0.4, 0.5) is 0 Å². The predicted molar refractivity (Wildman–Crippen MR) is 67.6 cm³/mol. The molecule has 0 aromatic heterocycles. The first-order valence-corrected chi connectivity index (χ1v) is 6.01. The zero-order valence-corrected chi connectivity index (χ0v) is 10.1. The Morgan fingerprint density at radius 3 is 2.33 bits per heavy atom. The average Bonchev–Trinajstić information content (AvgIpc) is 2.25. The van der Waals surface area contributed by atoms with E-state index in [1.54, 1.807) is 0 Å². The van der Waals surface area contributed by atoms with Gasteiger partial charge in [-0.05, 0) is 18.4 Å². The molecule has 1 rings (SSSR count). The van der Waals surface area contributed by atoms with Gasteiger partial charge in [0.15, 0.2) is 0 Å². The maximum Gasteiger partial charge on any atom is 0.216 e. The summed E-state index contributed by atoms with van der Waals surface area (Å²) in [5.41, 5.74) is 1.99. The van der Waals surface area contributed by atoms with E-state index >= 15 is 0 Å². The summed E-state index contributed by atoms with van der Waals surface area (Å²) in [6.45, 7) is 2.22. The van der Waals surface area contributed by atoms with E-state index in [1.807, 2.05) is 24.3 Å². The van der Waals surface area contributed by atoms with Gasteiger partial charge in [-0.15, -0.1) is 12.6 Å². The molecule has 0 fully saturated rings. The van der Waals surface area contributed by atoms with Gasteiger partial charge in [-0.2, -0.15) is 0 Å². The summed E-state index contributed by atoms with van der Waals surface area (Å²) >= 11 is 3.78. The second-order valence-electron chi connectivity index (χ2n) is 3.81. The zero-order chi connectivity index (χ0) is 11.1. The van der Waals surface area contributed by atoms with Crippen molar-refractivity contribution in [3.05, 3.63) is 35.4 Å². The van der Waals surface area contributed by atoms with Crippen molar-refractivity contribution in [1.29, 1.82) is 0 Å². The first-order valence-electron chi connectivity index (χ1n) is 5.56. The quantitative estimate of drug-likeness (QED) is 0.571. The van der Waals surface area contributed by atoms with Gasteiger partial charge in [-0.3, -0.25) is 4.79 Å². The van der Waals surface area contributed by atoms with E-state index in [0.717, 1.165) is 6.42 Å². The Labute approximate surface area is 97.3 Å². The van der Waals surface area contributed by atoms with Gasteiger partial charge in [-0.25, -0.2) is 0 Å². The first-order chi connectivity index (χ1) is 7.24. The van der Waals surface area contributed by atoms with Crippen LogP contribution in [0.5, 0.6) is 0 Å². The predicted octanol–water partition coefficient (Wildman–Crippen LogP) is 3.88. The van der Waals surface area contributed by atoms with Gasteiger partial charge in [-0.1, -0.05) is 50.5 Å². The Hall–Kier alpha value is -0.760. The molecule has 0 aliphatic heterocycles. The van der Waals surface area contributed by atoms with Crippen LogP contribution in [0.3, 0.4) is 0 Å². The number of benzene rings is 1. The Morgan fingerprint density at radius 1 is 1.13 bits per heavy atom. The maximum absolute atomic E-state index is 10.9. The third-order valence-electron chi connectivity index (χ3n) is 2.52. The highest BCUT2D eigenvalue weighted by Crippen LogP contribution is 2.10. The minimum atomic E-state index is -0.160. The lowest BCUT2D eigenvalue weighted by Gasteiger charge is -2.01. The molecule has 82 valence electrons. The lowest BCUT2D eigenvalue weighted by Crippen LogP contribution is -1.90. The maximum atomic E-state index is 10.9. The lowest BCUT2D eigenvalue weighted by molar-refractivity contribution is 0.109. The lowest BCUT2D eigenvalue weighted by atomic mass is 10.1. The summed E-state index contributed by atoms with van der Waals surface area (Å²) in [6, 6.07) is 7.75. The van der Waals surface area contributed by atoms with Crippen LogP contribution >= 0.6 is 12.6 Å². The number of hydrogen-bond acceptors (Lipinski definition) is 1. The Balaban J connectivity index is 2.39. The molecular formula is C13H18OS. The fourth-order valence-corrected chi connectivity index (χ4v) is 1.72. The molecule has 15 heavy (non-hydrogen) atoms. The second-order valence-corrected chi connectivity index (χ2v) is 4.22. The molecule has 0 aliphatic carbocycles. The number of hydrogen-bond donors (Lipinski definition) is 1. The van der Waals surface area contributed by atoms with Gasteiger partial charge in [0.1, 0.15) is 0 Å². The molecule has 0 heterocycles. The second kappa shape index (κ2) is 6.67. The molecule has 0 aliphatic rings. The highest BCUT2D eigenvalue weighted by atomic mass is 32.1. The molecule has 2 heteroatoms. The largest absolute Gasteiger partial charge is 0.282 e. The van der Waals surface area contributed by atoms with Crippen molar-refractivity contribution in [2.75, 3.05) is 0 Å². The molecule has 1 aromatic rings. The molecule has 0 saturated heterocycles. The third kappa shape index (κ3) is 4.52. The normalized spacial score (nSPS) is 10.3. The molecule has 0 spiro atoms. The molecule has 0 atom stereocenters. The van der Waals surface area contributed by atoms with E-state index in [4.69, 9.17) is 0 Å². The Morgan fingerprint density at radius 2 is 1.80 bits per heavy atom. The third-order valence-corrected chi connectivity index (χ3v) is 2.78. The SMILES string of the molecule is CCCCCCc1ccc(C(=O)S)cc1. The van der Waals surface area contributed by atoms with Crippen LogP contribution in [-0.2, 0) is 6.42 Å². The van der Waals surface area contributed by atoms with Crippen molar-refractivity contribution < 1.29 is 4.79 Å². The molecule has 0 amide bonds. The number of unbranched alkanes of at least 4 members (excludes halogenated alkanes) is 3. The molecule has 0 bridgehead atoms. The van der Waals surface area contributed by atoms with E-state index in [2.05, 4.69) is 19.6 Å². The summed E-state index contributed by atoms with van der Waals surface area (Å²) in [5, 5.41) is -0.160. The number of carbonyl (C=O) groups excluding carboxylic acids is 1. The van der Waals surface area contributed by atoms with Crippen molar-refractivity contribution in [2.45, 2.75) is 39.0 Å². The van der Waals surface area contributed by atoms with Crippen LogP contribution in [0.1, 0.15) is 48.5 Å². The average molecular weight is 222 g/mol. The standard InChI is InChI=1S/C13H18OS/c1-2-3-4-5-6-11-7-9-12(10-8-11)13(14)15/h7-10H,2-6H2,1H3,(H,14,15). The van der Waals surface area contributed by atoms with Crippen molar-refractivity contribution >= 4 is 17.7 Å². The van der Waals surface area contributed by atoms with Gasteiger partial charge < -0.3 is 0 Å². The highest BCUT2D eigenvalue weighted by Gasteiger charge is 1.99. The molecule has 1 aromatic carbocycles. The van der Waals surface area contributed by atoms with E-state index in [1.165, 1.54) is 31.2 Å². The van der Waals surface area contributed by atoms with Crippen LogP contribution in [0, 0.1) is 0 Å². The number of thiol groups is 1. The molecule has 0 radical (unpaired) electrons. The summed E-state index contributed by atoms with van der Waals surface area (Å²) in [6.07, 6.45) is 6.23. The summed E-state index contributed by atoms with van der Waals surface area (Å²) in [5.74, 6) is 0. The molecule has 1 nitrogen and oxygen atoms in total. The summed E-state index contributed by atoms with van der Waals surface area (Å²) in [4.78, 5) is 10.9. The minimum Gasteiger partial charge on any atom is -0.282 e. The van der Waals surface area contributed by atoms with E-state index in [0.29, 0.717) is 5.56 Å². The van der Waals surface area contributed by atoms with Crippen LogP contribution < -0.4 is 0 Å². The van der Waals surface area contributed by atoms with E-state index < -0.39 is 0 Å². The van der Waals surface area contributed by atoms with E-state index in [9.17, 15) is 4.79 Å². The van der Waals surface area contributed by atoms with Crippen molar-refractivity contribution in [1.82, 2.24) is 0 Å². The van der Waals surface area contributed by atoms with Gasteiger partial charge in [0.2, 0.25) is 5.12 Å². The molecule has 0 unspecified atom stereocenters. The number of aryl methyl sites for hydroxylation is 1. The van der Waals surface area contributed by atoms with Gasteiger partial charge >= 0.3 is 0 Å². The minimum absolute atomic E-state index is 0.160. The van der Waals surface area contributed by atoms with E-state index in [-0.39, 0.29) is 5.12 Å². The number of rotatable bonds is 6. The highest BCUT2D eigenvalue weighted by molar-refractivity contribution is 7.97. The topological polar surface area (TPSA) is 17.1 Å². The van der Waals surface area contributed by atoms with Gasteiger partial charge in [0, 0.05) is 5.56 Å². The Bertz CT molecular complexity index is 303. The van der Waals surface area contributed by atoms with Crippen LogP contribution in [0.25, 0.3) is 0 Å². The Kier molecular flexibility index (Phi) is 5.48. The van der Waals surface area contributed by atoms with Crippen molar-refractivity contribution in [3.63, 3.8) is 0 Å². The fourth-order valence-electron chi connectivity index (χ4n) is 1.57. The van der Waals surface area contributed by atoms with Crippen LogP contribution in [-0.4, -0.2) is 5.12 Å². The summed E-state index contributed by atoms with van der Waals surface area (Å²) in [7, 11) is 0. The van der Waals surface area contributed by atoms with Gasteiger partial charge in [0.25, 0.3) is 0 Å². The van der Waals surface area contributed by atoms with Crippen molar-refractivity contribution in [2.24, 2.45) is 0 Å². The monoisotopic (exact) mass is 222 g/mol. The molecule has 0 N–H and O–H groups in total. The summed E-state index contributed by atoms with van der Waals surface area (Å²) < 4.78 is 0. The molecular weight excluding hydrogens is 204 g/mol. The fraction of sp³-hybridized carbons (Fsp3) is 0.462. The smallest absolute Gasteiger partial charge is 0.216 e. The number of carbonyl (C=O) groups is 1. The van der Waals surface area contributed by atoms with Crippen molar-refractivity contribution in [3.8, 4) is 0 Å².